The van der Waals surface area contributed by atoms with Crippen molar-refractivity contribution in [2.75, 3.05) is 13.2 Å². The van der Waals surface area contributed by atoms with Crippen molar-refractivity contribution >= 4 is 17.9 Å². The Morgan fingerprint density at radius 1 is 0.253 bits per heavy atom. The van der Waals surface area contributed by atoms with Gasteiger partial charge in [-0.25, -0.2) is 0 Å². The van der Waals surface area contributed by atoms with Crippen LogP contribution < -0.4 is 0 Å². The molecule has 1 unspecified atom stereocenters. The summed E-state index contributed by atoms with van der Waals surface area (Å²) in [6, 6.07) is 0. The first-order chi connectivity index (χ1) is 41.0. The standard InChI is InChI=1S/C77H128O6/c1-4-7-10-13-16-19-22-25-28-31-33-34-35-36-37-38-39-40-41-42-43-44-45-47-49-52-55-58-61-64-67-70-76(79)82-73-74(72-81-75(78)69-66-63-60-57-54-51-48-30-27-24-21-18-15-12-9-6-3)83-77(80)71-68-65-62-59-56-53-50-46-32-29-26-23-20-17-14-11-8-5-2/h7,10,16,19-21,23-25,28-30,32-34,36-37,39-40,42-43,48,74H,4-6,8-9,11-15,17-18,22,26-27,31,35,38,41,44-47,49-73H2,1-3H3/b10-7-,19-16-,23-20-,24-21-,28-25-,32-29-,34-33-,37-36-,40-39-,43-42-,48-30-. The lowest BCUT2D eigenvalue weighted by molar-refractivity contribution is -0.167. The number of esters is 3. The molecule has 0 aliphatic rings. The molecule has 0 aliphatic heterocycles. The van der Waals surface area contributed by atoms with Crippen LogP contribution in [0.1, 0.15) is 316 Å². The van der Waals surface area contributed by atoms with Gasteiger partial charge in [0.25, 0.3) is 0 Å². The molecule has 0 amide bonds. The first kappa shape index (κ1) is 78.5. The summed E-state index contributed by atoms with van der Waals surface area (Å²) in [6.07, 6.45) is 98.9. The van der Waals surface area contributed by atoms with Gasteiger partial charge in [0.15, 0.2) is 6.10 Å². The average Bonchev–Trinajstić information content (AvgIpc) is 3.49. The maximum Gasteiger partial charge on any atom is 0.306 e. The largest absolute Gasteiger partial charge is 0.462 e. The topological polar surface area (TPSA) is 78.9 Å². The van der Waals surface area contributed by atoms with Gasteiger partial charge in [0.2, 0.25) is 0 Å². The molecule has 0 aromatic rings. The molecule has 0 aromatic carbocycles. The van der Waals surface area contributed by atoms with E-state index in [1.807, 2.05) is 0 Å². The molecule has 1 atom stereocenters. The molecule has 83 heavy (non-hydrogen) atoms. The molecule has 0 heterocycles. The minimum absolute atomic E-state index is 0.0914. The quantitative estimate of drug-likeness (QED) is 0.0261. The highest BCUT2D eigenvalue weighted by atomic mass is 16.6. The second kappa shape index (κ2) is 70.0. The second-order valence-electron chi connectivity index (χ2n) is 22.7. The Morgan fingerprint density at radius 2 is 0.470 bits per heavy atom. The lowest BCUT2D eigenvalue weighted by atomic mass is 10.1. The molecular formula is C77H128O6. The average molecular weight is 1150 g/mol. The summed E-state index contributed by atoms with van der Waals surface area (Å²) >= 11 is 0. The Bertz CT molecular complexity index is 1750. The number of carbonyl (C=O) groups is 3. The zero-order valence-corrected chi connectivity index (χ0v) is 54.2. The van der Waals surface area contributed by atoms with E-state index in [4.69, 9.17) is 14.2 Å². The van der Waals surface area contributed by atoms with Gasteiger partial charge in [-0.1, -0.05) is 289 Å². The van der Waals surface area contributed by atoms with Gasteiger partial charge >= 0.3 is 17.9 Å². The number of allylic oxidation sites excluding steroid dienone is 22. The third-order valence-corrected chi connectivity index (χ3v) is 14.6. The van der Waals surface area contributed by atoms with Crippen molar-refractivity contribution in [3.63, 3.8) is 0 Å². The van der Waals surface area contributed by atoms with Crippen molar-refractivity contribution in [3.8, 4) is 0 Å². The molecule has 6 nitrogen and oxygen atoms in total. The third-order valence-electron chi connectivity index (χ3n) is 14.6. The fourth-order valence-electron chi connectivity index (χ4n) is 9.43. The smallest absolute Gasteiger partial charge is 0.306 e. The lowest BCUT2D eigenvalue weighted by Crippen LogP contribution is -2.30. The van der Waals surface area contributed by atoms with Crippen molar-refractivity contribution in [3.05, 3.63) is 134 Å². The Hall–Kier alpha value is -4.45. The molecular weight excluding hydrogens is 1020 g/mol. The van der Waals surface area contributed by atoms with E-state index < -0.39 is 6.10 Å². The number of carbonyl (C=O) groups excluding carboxylic acids is 3. The summed E-state index contributed by atoms with van der Waals surface area (Å²) in [5, 5.41) is 0. The predicted octanol–water partition coefficient (Wildman–Crippen LogP) is 24.1. The molecule has 0 rings (SSSR count). The van der Waals surface area contributed by atoms with E-state index >= 15 is 0 Å². The zero-order chi connectivity index (χ0) is 59.9. The molecule has 0 fully saturated rings. The SMILES string of the molecule is CC/C=C\C/C=C\C/C=C\C/C=C\C/C=C\C/C=C\C/C=C\CCCCCCCCCCCC(=O)OCC(COC(=O)CCCCCCC/C=C\C/C=C\CCCCCC)OC(=O)CCCCCCCCC/C=C\C/C=C\CCCCCC. The van der Waals surface area contributed by atoms with Crippen LogP contribution >= 0.6 is 0 Å². The van der Waals surface area contributed by atoms with Crippen molar-refractivity contribution < 1.29 is 28.6 Å². The molecule has 0 aliphatic carbocycles. The second-order valence-corrected chi connectivity index (χ2v) is 22.7. The van der Waals surface area contributed by atoms with E-state index in [1.54, 1.807) is 0 Å². The van der Waals surface area contributed by atoms with Crippen molar-refractivity contribution in [1.82, 2.24) is 0 Å². The molecule has 0 saturated carbocycles. The number of rotatable bonds is 62. The Balaban J connectivity index is 4.36. The maximum absolute atomic E-state index is 12.9. The van der Waals surface area contributed by atoms with Crippen LogP contribution in [-0.4, -0.2) is 37.2 Å². The van der Waals surface area contributed by atoms with Gasteiger partial charge in [-0.2, -0.15) is 0 Å². The van der Waals surface area contributed by atoms with E-state index in [0.29, 0.717) is 19.3 Å². The van der Waals surface area contributed by atoms with Gasteiger partial charge in [-0.3, -0.25) is 14.4 Å². The number of ether oxygens (including phenoxy) is 3. The normalized spacial score (nSPS) is 13.0. The summed E-state index contributed by atoms with van der Waals surface area (Å²) in [4.78, 5) is 38.4. The molecule has 6 heteroatoms. The highest BCUT2D eigenvalue weighted by Crippen LogP contribution is 2.15. The zero-order valence-electron chi connectivity index (χ0n) is 54.2. The minimum Gasteiger partial charge on any atom is -0.462 e. The lowest BCUT2D eigenvalue weighted by Gasteiger charge is -2.18. The van der Waals surface area contributed by atoms with Crippen LogP contribution in [0.25, 0.3) is 0 Å². The number of hydrogen-bond donors (Lipinski definition) is 0. The number of unbranched alkanes of at least 4 members (excludes halogenated alkanes) is 29. The molecule has 0 radical (unpaired) electrons. The summed E-state index contributed by atoms with van der Waals surface area (Å²) in [5.41, 5.74) is 0. The minimum atomic E-state index is -0.797. The molecule has 472 valence electrons. The van der Waals surface area contributed by atoms with Crippen molar-refractivity contribution in [1.29, 1.82) is 0 Å². The molecule has 0 bridgehead atoms. The fraction of sp³-hybridized carbons (Fsp3) is 0.675. The van der Waals surface area contributed by atoms with Crippen molar-refractivity contribution in [2.45, 2.75) is 322 Å². The Kier molecular flexibility index (Phi) is 66.3. The highest BCUT2D eigenvalue weighted by Gasteiger charge is 2.19. The Labute approximate surface area is 513 Å². The van der Waals surface area contributed by atoms with E-state index in [9.17, 15) is 14.4 Å². The summed E-state index contributed by atoms with van der Waals surface area (Å²) < 4.78 is 17.0. The first-order valence-corrected chi connectivity index (χ1v) is 34.7. The van der Waals surface area contributed by atoms with E-state index in [0.717, 1.165) is 148 Å². The molecule has 0 aromatic heterocycles. The van der Waals surface area contributed by atoms with Gasteiger partial charge in [0, 0.05) is 19.3 Å². The third kappa shape index (κ3) is 68.2. The van der Waals surface area contributed by atoms with Crippen LogP contribution in [0.3, 0.4) is 0 Å². The summed E-state index contributed by atoms with van der Waals surface area (Å²) in [5.74, 6) is -0.911. The van der Waals surface area contributed by atoms with Gasteiger partial charge in [-0.05, 0) is 141 Å². The fourth-order valence-corrected chi connectivity index (χ4v) is 9.43. The first-order valence-electron chi connectivity index (χ1n) is 34.7. The molecule has 0 N–H and O–H groups in total. The summed E-state index contributed by atoms with van der Waals surface area (Å²) in [7, 11) is 0. The van der Waals surface area contributed by atoms with Gasteiger partial charge in [0.1, 0.15) is 13.2 Å². The van der Waals surface area contributed by atoms with E-state index in [-0.39, 0.29) is 31.1 Å². The van der Waals surface area contributed by atoms with Gasteiger partial charge in [-0.15, -0.1) is 0 Å². The van der Waals surface area contributed by atoms with Crippen LogP contribution in [0.5, 0.6) is 0 Å². The monoisotopic (exact) mass is 1150 g/mol. The van der Waals surface area contributed by atoms with E-state index in [2.05, 4.69) is 154 Å². The maximum atomic E-state index is 12.9. The van der Waals surface area contributed by atoms with Crippen molar-refractivity contribution in [2.24, 2.45) is 0 Å². The van der Waals surface area contributed by atoms with Gasteiger partial charge in [0.05, 0.1) is 0 Å². The summed E-state index contributed by atoms with van der Waals surface area (Å²) in [6.45, 7) is 6.49. The Morgan fingerprint density at radius 3 is 0.735 bits per heavy atom. The molecule has 0 saturated heterocycles. The number of hydrogen-bond acceptors (Lipinski definition) is 6. The predicted molar refractivity (Wildman–Crippen MR) is 362 cm³/mol. The van der Waals surface area contributed by atoms with Crippen LogP contribution in [0.2, 0.25) is 0 Å². The van der Waals surface area contributed by atoms with Crippen LogP contribution in [0.4, 0.5) is 0 Å². The molecule has 0 spiro atoms. The highest BCUT2D eigenvalue weighted by molar-refractivity contribution is 5.71. The van der Waals surface area contributed by atoms with E-state index in [1.165, 1.54) is 128 Å². The van der Waals surface area contributed by atoms with Crippen LogP contribution in [0, 0.1) is 0 Å². The van der Waals surface area contributed by atoms with Crippen LogP contribution in [0.15, 0.2) is 134 Å². The van der Waals surface area contributed by atoms with Crippen LogP contribution in [-0.2, 0) is 28.6 Å². The van der Waals surface area contributed by atoms with Gasteiger partial charge < -0.3 is 14.2 Å².